The minimum absolute atomic E-state index is 0.417. The molecule has 2 aliphatic rings. The van der Waals surface area contributed by atoms with Crippen molar-refractivity contribution >= 4 is 0 Å². The van der Waals surface area contributed by atoms with Gasteiger partial charge in [0, 0.05) is 6.08 Å². The molecule has 0 aliphatic heterocycles. The zero-order valence-electron chi connectivity index (χ0n) is 16.4. The molecule has 28 heavy (non-hydrogen) atoms. The predicted molar refractivity (Wildman–Crippen MR) is 106 cm³/mol. The fourth-order valence-electron chi connectivity index (χ4n) is 5.05. The van der Waals surface area contributed by atoms with Gasteiger partial charge in [-0.15, -0.1) is 0 Å². The number of hydrogen-bond donors (Lipinski definition) is 0. The van der Waals surface area contributed by atoms with Crippen LogP contribution in [0.1, 0.15) is 81.3 Å². The first kappa shape index (κ1) is 21.0. The Hall–Kier alpha value is -1.76. The molecule has 3 rings (SSSR count). The summed E-state index contributed by atoms with van der Waals surface area (Å²) in [5.41, 5.74) is 0.512. The second-order valence-corrected chi connectivity index (χ2v) is 8.68. The molecular formula is C24H30F3N. The van der Waals surface area contributed by atoms with E-state index in [0.717, 1.165) is 30.2 Å². The number of benzene rings is 1. The third-order valence-electron chi connectivity index (χ3n) is 6.87. The minimum atomic E-state index is -4.25. The van der Waals surface area contributed by atoms with Crippen LogP contribution in [-0.4, -0.2) is 0 Å². The Kier molecular flexibility index (Phi) is 7.21. The molecule has 2 aliphatic carbocycles. The lowest BCUT2D eigenvalue weighted by atomic mass is 9.74. The van der Waals surface area contributed by atoms with Crippen molar-refractivity contribution in [3.8, 4) is 6.07 Å². The van der Waals surface area contributed by atoms with E-state index in [2.05, 4.69) is 12.1 Å². The van der Waals surface area contributed by atoms with Gasteiger partial charge in [-0.05, 0) is 92.7 Å². The predicted octanol–water partition coefficient (Wildman–Crippen LogP) is 7.65. The van der Waals surface area contributed by atoms with Crippen molar-refractivity contribution in [2.45, 2.75) is 76.3 Å². The molecule has 0 unspecified atom stereocenters. The largest absolute Gasteiger partial charge is 0.416 e. The molecule has 2 saturated carbocycles. The summed E-state index contributed by atoms with van der Waals surface area (Å²) in [6.07, 6.45) is 11.6. The molecule has 1 aromatic carbocycles. The highest BCUT2D eigenvalue weighted by Gasteiger charge is 2.31. The lowest BCUT2D eigenvalue weighted by Gasteiger charge is -2.31. The van der Waals surface area contributed by atoms with Crippen LogP contribution in [0.5, 0.6) is 0 Å². The molecule has 0 amide bonds. The van der Waals surface area contributed by atoms with Crippen molar-refractivity contribution in [2.75, 3.05) is 0 Å². The average molecular weight is 390 g/mol. The summed E-state index contributed by atoms with van der Waals surface area (Å²) in [4.78, 5) is 0. The van der Waals surface area contributed by atoms with Crippen LogP contribution in [0.4, 0.5) is 13.2 Å². The molecule has 1 nitrogen and oxygen atoms in total. The zero-order valence-corrected chi connectivity index (χ0v) is 16.4. The van der Waals surface area contributed by atoms with E-state index in [4.69, 9.17) is 5.26 Å². The Labute approximate surface area is 166 Å². The monoisotopic (exact) mass is 389 g/mol. The van der Waals surface area contributed by atoms with Crippen LogP contribution in [-0.2, 0) is 6.18 Å². The number of nitriles is 1. The van der Waals surface area contributed by atoms with Gasteiger partial charge in [-0.1, -0.05) is 31.1 Å². The van der Waals surface area contributed by atoms with Gasteiger partial charge in [-0.25, -0.2) is 0 Å². The Bertz CT molecular complexity index is 667. The number of nitrogens with zero attached hydrogens (tertiary/aromatic N) is 1. The molecule has 0 atom stereocenters. The molecule has 4 heteroatoms. The van der Waals surface area contributed by atoms with E-state index < -0.39 is 11.7 Å². The molecule has 0 N–H and O–H groups in total. The molecule has 0 saturated heterocycles. The van der Waals surface area contributed by atoms with Gasteiger partial charge in [0.1, 0.15) is 0 Å². The lowest BCUT2D eigenvalue weighted by Crippen LogP contribution is -2.17. The quantitative estimate of drug-likeness (QED) is 0.475. The number of hydrogen-bond acceptors (Lipinski definition) is 1. The van der Waals surface area contributed by atoms with Crippen molar-refractivity contribution in [1.82, 2.24) is 0 Å². The highest BCUT2D eigenvalue weighted by molar-refractivity contribution is 5.27. The smallest absolute Gasteiger partial charge is 0.193 e. The van der Waals surface area contributed by atoms with Crippen LogP contribution >= 0.6 is 0 Å². The summed E-state index contributed by atoms with van der Waals surface area (Å²) in [6, 6.07) is 7.89. The Balaban J connectivity index is 1.38. The van der Waals surface area contributed by atoms with E-state index in [1.165, 1.54) is 63.5 Å². The molecule has 2 fully saturated rings. The third kappa shape index (κ3) is 5.87. The minimum Gasteiger partial charge on any atom is -0.193 e. The highest BCUT2D eigenvalue weighted by Crippen LogP contribution is 2.40. The van der Waals surface area contributed by atoms with Crippen molar-refractivity contribution in [2.24, 2.45) is 17.8 Å². The van der Waals surface area contributed by atoms with E-state index in [0.29, 0.717) is 11.8 Å². The molecule has 0 heterocycles. The molecule has 1 aromatic rings. The first-order valence-corrected chi connectivity index (χ1v) is 10.7. The Morgan fingerprint density at radius 1 is 0.857 bits per heavy atom. The number of rotatable bonds is 5. The molecule has 152 valence electrons. The Morgan fingerprint density at radius 3 is 1.89 bits per heavy atom. The topological polar surface area (TPSA) is 23.8 Å². The van der Waals surface area contributed by atoms with Gasteiger partial charge in [0.2, 0.25) is 0 Å². The molecule has 0 bridgehead atoms. The number of alkyl halides is 3. The summed E-state index contributed by atoms with van der Waals surface area (Å²) in [5, 5.41) is 8.63. The van der Waals surface area contributed by atoms with E-state index in [1.807, 2.05) is 0 Å². The van der Waals surface area contributed by atoms with Crippen molar-refractivity contribution in [3.05, 3.63) is 47.5 Å². The first-order valence-electron chi connectivity index (χ1n) is 10.7. The van der Waals surface area contributed by atoms with Gasteiger partial charge in [0.25, 0.3) is 0 Å². The standard InChI is InChI=1S/C24H30F3N/c25-24(26,27)23-15-13-22(14-16-23)21-11-9-20(10-12-21)8-7-19-5-3-18(4-6-19)2-1-17-28/h1-2,13-16,18-21H,3-12H2/t18-,19-,20-,21-. The summed E-state index contributed by atoms with van der Waals surface area (Å²) in [5.74, 6) is 2.62. The fourth-order valence-corrected chi connectivity index (χ4v) is 5.05. The van der Waals surface area contributed by atoms with Crippen molar-refractivity contribution in [1.29, 1.82) is 5.26 Å². The van der Waals surface area contributed by atoms with Crippen molar-refractivity contribution in [3.63, 3.8) is 0 Å². The average Bonchev–Trinajstić information content (AvgIpc) is 2.71. The van der Waals surface area contributed by atoms with E-state index >= 15 is 0 Å². The lowest BCUT2D eigenvalue weighted by molar-refractivity contribution is -0.137. The summed E-state index contributed by atoms with van der Waals surface area (Å²) < 4.78 is 38.1. The second kappa shape index (κ2) is 9.63. The van der Waals surface area contributed by atoms with Gasteiger partial charge in [0.05, 0.1) is 11.6 Å². The van der Waals surface area contributed by atoms with Crippen LogP contribution < -0.4 is 0 Å². The van der Waals surface area contributed by atoms with Gasteiger partial charge in [-0.3, -0.25) is 0 Å². The van der Waals surface area contributed by atoms with Crippen LogP contribution in [0.3, 0.4) is 0 Å². The van der Waals surface area contributed by atoms with E-state index in [9.17, 15) is 13.2 Å². The zero-order chi connectivity index (χ0) is 20.0. The van der Waals surface area contributed by atoms with Crippen LogP contribution in [0.15, 0.2) is 36.4 Å². The summed E-state index contributed by atoms with van der Waals surface area (Å²) >= 11 is 0. The third-order valence-corrected chi connectivity index (χ3v) is 6.87. The molecule has 0 radical (unpaired) electrons. The van der Waals surface area contributed by atoms with Gasteiger partial charge >= 0.3 is 6.18 Å². The van der Waals surface area contributed by atoms with Gasteiger partial charge in [-0.2, -0.15) is 18.4 Å². The summed E-state index contributed by atoms with van der Waals surface area (Å²) in [6.45, 7) is 0. The van der Waals surface area contributed by atoms with E-state index in [1.54, 1.807) is 18.2 Å². The molecule has 0 aromatic heterocycles. The maximum absolute atomic E-state index is 12.7. The maximum Gasteiger partial charge on any atom is 0.416 e. The van der Waals surface area contributed by atoms with Crippen LogP contribution in [0, 0.1) is 29.1 Å². The van der Waals surface area contributed by atoms with E-state index in [-0.39, 0.29) is 0 Å². The fraction of sp³-hybridized carbons (Fsp3) is 0.625. The molecular weight excluding hydrogens is 359 g/mol. The Morgan fingerprint density at radius 2 is 1.39 bits per heavy atom. The normalized spacial score (nSPS) is 28.9. The number of halogens is 3. The SMILES string of the molecule is N#CC=C[C@H]1CC[C@H](CC[C@H]2CC[C@H](c3ccc(C(F)(F)F)cc3)CC2)CC1. The van der Waals surface area contributed by atoms with Crippen molar-refractivity contribution < 1.29 is 13.2 Å². The van der Waals surface area contributed by atoms with Crippen LogP contribution in [0.25, 0.3) is 0 Å². The van der Waals surface area contributed by atoms with Crippen LogP contribution in [0.2, 0.25) is 0 Å². The molecule has 0 spiro atoms. The highest BCUT2D eigenvalue weighted by atomic mass is 19.4. The first-order chi connectivity index (χ1) is 13.5. The van der Waals surface area contributed by atoms with Gasteiger partial charge in [0.15, 0.2) is 0 Å². The second-order valence-electron chi connectivity index (χ2n) is 8.68. The van der Waals surface area contributed by atoms with Gasteiger partial charge < -0.3 is 0 Å². The summed E-state index contributed by atoms with van der Waals surface area (Å²) in [7, 11) is 0. The maximum atomic E-state index is 12.7. The number of allylic oxidation sites excluding steroid dienone is 2.